The number of anilines is 1. The smallest absolute Gasteiger partial charge is 0.169 e. The lowest BCUT2D eigenvalue weighted by Gasteiger charge is -2.20. The number of pyridine rings is 1. The van der Waals surface area contributed by atoms with Crippen molar-refractivity contribution in [2.24, 2.45) is 0 Å². The molecule has 4 rings (SSSR count). The second kappa shape index (κ2) is 5.41. The van der Waals surface area contributed by atoms with Gasteiger partial charge in [-0.15, -0.1) is 0 Å². The summed E-state index contributed by atoms with van der Waals surface area (Å²) in [6, 6.07) is 15.9. The highest BCUT2D eigenvalue weighted by Crippen LogP contribution is 2.30. The SMILES string of the molecule is N#Cc1c(N2CCC(O)c3ccccc3C2)nc2ccccn12. The molecule has 1 aliphatic heterocycles. The van der Waals surface area contributed by atoms with Gasteiger partial charge in [0.25, 0.3) is 0 Å². The molecule has 0 radical (unpaired) electrons. The van der Waals surface area contributed by atoms with Crippen LogP contribution in [-0.2, 0) is 6.54 Å². The average molecular weight is 304 g/mol. The summed E-state index contributed by atoms with van der Waals surface area (Å²) in [5.41, 5.74) is 3.35. The number of aliphatic hydroxyl groups is 1. The van der Waals surface area contributed by atoms with Crippen molar-refractivity contribution in [1.82, 2.24) is 9.38 Å². The third-order valence-corrected chi connectivity index (χ3v) is 4.36. The van der Waals surface area contributed by atoms with Crippen molar-refractivity contribution in [3.63, 3.8) is 0 Å². The first-order valence-corrected chi connectivity index (χ1v) is 7.66. The van der Waals surface area contributed by atoms with Crippen LogP contribution in [0.25, 0.3) is 5.65 Å². The first kappa shape index (κ1) is 13.8. The van der Waals surface area contributed by atoms with Crippen LogP contribution in [0, 0.1) is 11.3 Å². The van der Waals surface area contributed by atoms with Crippen molar-refractivity contribution in [3.8, 4) is 6.07 Å². The summed E-state index contributed by atoms with van der Waals surface area (Å²) in [6.45, 7) is 1.31. The summed E-state index contributed by atoms with van der Waals surface area (Å²) in [5, 5.41) is 19.9. The van der Waals surface area contributed by atoms with E-state index in [1.54, 1.807) is 0 Å². The molecule has 1 atom stereocenters. The van der Waals surface area contributed by atoms with Crippen molar-refractivity contribution in [2.75, 3.05) is 11.4 Å². The highest BCUT2D eigenvalue weighted by Gasteiger charge is 2.24. The Balaban J connectivity index is 1.81. The predicted molar refractivity (Wildman–Crippen MR) is 87.0 cm³/mol. The summed E-state index contributed by atoms with van der Waals surface area (Å²) in [4.78, 5) is 6.72. The predicted octanol–water partition coefficient (Wildman–Crippen LogP) is 2.65. The Morgan fingerprint density at radius 2 is 2.00 bits per heavy atom. The quantitative estimate of drug-likeness (QED) is 0.750. The Morgan fingerprint density at radius 1 is 1.17 bits per heavy atom. The zero-order valence-electron chi connectivity index (χ0n) is 12.6. The fourth-order valence-electron chi connectivity index (χ4n) is 3.21. The monoisotopic (exact) mass is 304 g/mol. The molecule has 3 aromatic rings. The van der Waals surface area contributed by atoms with Gasteiger partial charge in [0, 0.05) is 19.3 Å². The zero-order valence-corrected chi connectivity index (χ0v) is 12.6. The lowest BCUT2D eigenvalue weighted by atomic mass is 10.0. The molecule has 1 aliphatic rings. The molecule has 5 heteroatoms. The lowest BCUT2D eigenvalue weighted by Crippen LogP contribution is -2.24. The fraction of sp³-hybridized carbons (Fsp3) is 0.222. The van der Waals surface area contributed by atoms with E-state index in [1.807, 2.05) is 53.1 Å². The van der Waals surface area contributed by atoms with E-state index in [0.29, 0.717) is 31.0 Å². The Labute approximate surface area is 134 Å². The van der Waals surface area contributed by atoms with E-state index >= 15 is 0 Å². The number of imidazole rings is 1. The molecular weight excluding hydrogens is 288 g/mol. The number of hydrogen-bond acceptors (Lipinski definition) is 4. The fourth-order valence-corrected chi connectivity index (χ4v) is 3.21. The van der Waals surface area contributed by atoms with Crippen LogP contribution in [0.15, 0.2) is 48.7 Å². The minimum Gasteiger partial charge on any atom is -0.388 e. The minimum atomic E-state index is -0.473. The van der Waals surface area contributed by atoms with E-state index in [1.165, 1.54) is 0 Å². The van der Waals surface area contributed by atoms with Crippen molar-refractivity contribution >= 4 is 11.5 Å². The normalized spacial score (nSPS) is 17.6. The van der Waals surface area contributed by atoms with Gasteiger partial charge in [0.05, 0.1) is 6.10 Å². The van der Waals surface area contributed by atoms with Gasteiger partial charge in [-0.25, -0.2) is 4.98 Å². The van der Waals surface area contributed by atoms with Crippen LogP contribution in [0.2, 0.25) is 0 Å². The minimum absolute atomic E-state index is 0.473. The molecular formula is C18H16N4O. The van der Waals surface area contributed by atoms with Crippen molar-refractivity contribution < 1.29 is 5.11 Å². The molecule has 0 spiro atoms. The molecule has 3 heterocycles. The second-order valence-corrected chi connectivity index (χ2v) is 5.75. The van der Waals surface area contributed by atoms with Crippen LogP contribution < -0.4 is 4.90 Å². The van der Waals surface area contributed by atoms with E-state index in [2.05, 4.69) is 16.0 Å². The molecule has 0 saturated carbocycles. The van der Waals surface area contributed by atoms with Gasteiger partial charge in [0.2, 0.25) is 0 Å². The van der Waals surface area contributed by atoms with E-state index in [-0.39, 0.29) is 0 Å². The molecule has 114 valence electrons. The Morgan fingerprint density at radius 3 is 2.87 bits per heavy atom. The molecule has 5 nitrogen and oxygen atoms in total. The van der Waals surface area contributed by atoms with Crippen LogP contribution in [0.1, 0.15) is 29.3 Å². The van der Waals surface area contributed by atoms with Crippen LogP contribution in [0.4, 0.5) is 5.82 Å². The van der Waals surface area contributed by atoms with Crippen LogP contribution in [-0.4, -0.2) is 21.0 Å². The molecule has 0 saturated heterocycles. The van der Waals surface area contributed by atoms with Crippen molar-refractivity contribution in [2.45, 2.75) is 19.1 Å². The largest absolute Gasteiger partial charge is 0.388 e. The highest BCUT2D eigenvalue weighted by atomic mass is 16.3. The van der Waals surface area contributed by atoms with Crippen LogP contribution >= 0.6 is 0 Å². The number of hydrogen-bond donors (Lipinski definition) is 1. The first-order valence-electron chi connectivity index (χ1n) is 7.66. The maximum absolute atomic E-state index is 10.4. The van der Waals surface area contributed by atoms with Gasteiger partial charge >= 0.3 is 0 Å². The molecule has 2 aromatic heterocycles. The van der Waals surface area contributed by atoms with Crippen LogP contribution in [0.3, 0.4) is 0 Å². The second-order valence-electron chi connectivity index (χ2n) is 5.75. The highest BCUT2D eigenvalue weighted by molar-refractivity contribution is 5.61. The molecule has 0 bridgehead atoms. The molecule has 23 heavy (non-hydrogen) atoms. The maximum Gasteiger partial charge on any atom is 0.169 e. The topological polar surface area (TPSA) is 64.6 Å². The Kier molecular flexibility index (Phi) is 3.25. The van der Waals surface area contributed by atoms with Crippen LogP contribution in [0.5, 0.6) is 0 Å². The Bertz CT molecular complexity index is 909. The van der Waals surface area contributed by atoms with Crippen molar-refractivity contribution in [3.05, 3.63) is 65.5 Å². The number of fused-ring (bicyclic) bond motifs is 2. The Hall–Kier alpha value is -2.84. The summed E-state index contributed by atoms with van der Waals surface area (Å²) < 4.78 is 1.81. The summed E-state index contributed by atoms with van der Waals surface area (Å²) in [7, 11) is 0. The number of nitrogens with zero attached hydrogens (tertiary/aromatic N) is 4. The van der Waals surface area contributed by atoms with E-state index < -0.39 is 6.10 Å². The zero-order chi connectivity index (χ0) is 15.8. The van der Waals surface area contributed by atoms with Gasteiger partial charge in [-0.1, -0.05) is 30.3 Å². The van der Waals surface area contributed by atoms with E-state index in [0.717, 1.165) is 16.8 Å². The molecule has 0 amide bonds. The standard InChI is InChI=1S/C18H16N4O/c19-11-15-18(20-17-7-3-4-9-22(15)17)21-10-8-16(23)14-6-2-1-5-13(14)12-21/h1-7,9,16,23H,8,10,12H2. The summed E-state index contributed by atoms with van der Waals surface area (Å²) in [6.07, 6.45) is 2.00. The van der Waals surface area contributed by atoms with E-state index in [4.69, 9.17) is 0 Å². The number of nitriles is 1. The number of aliphatic hydroxyl groups excluding tert-OH is 1. The maximum atomic E-state index is 10.4. The van der Waals surface area contributed by atoms with Crippen molar-refractivity contribution in [1.29, 1.82) is 5.26 Å². The number of rotatable bonds is 1. The molecule has 1 unspecified atom stereocenters. The molecule has 1 N–H and O–H groups in total. The van der Waals surface area contributed by atoms with Gasteiger partial charge in [0.15, 0.2) is 11.5 Å². The molecule has 0 aliphatic carbocycles. The average Bonchev–Trinajstić information content (AvgIpc) is 2.88. The summed E-state index contributed by atoms with van der Waals surface area (Å²) in [5.74, 6) is 0.683. The first-order chi connectivity index (χ1) is 11.3. The number of benzene rings is 1. The third kappa shape index (κ3) is 2.24. The van der Waals surface area contributed by atoms with Gasteiger partial charge in [0.1, 0.15) is 11.7 Å². The number of aromatic nitrogens is 2. The van der Waals surface area contributed by atoms with Gasteiger partial charge in [-0.3, -0.25) is 4.40 Å². The van der Waals surface area contributed by atoms with Gasteiger partial charge in [-0.2, -0.15) is 5.26 Å². The summed E-state index contributed by atoms with van der Waals surface area (Å²) >= 11 is 0. The molecule has 1 aromatic carbocycles. The van der Waals surface area contributed by atoms with Gasteiger partial charge in [-0.05, 0) is 29.7 Å². The van der Waals surface area contributed by atoms with E-state index in [9.17, 15) is 10.4 Å². The lowest BCUT2D eigenvalue weighted by molar-refractivity contribution is 0.171. The van der Waals surface area contributed by atoms with Gasteiger partial charge < -0.3 is 10.0 Å². The molecule has 0 fully saturated rings. The third-order valence-electron chi connectivity index (χ3n) is 4.36.